The van der Waals surface area contributed by atoms with E-state index < -0.39 is 0 Å². The Balaban J connectivity index is 1.47. The highest BCUT2D eigenvalue weighted by molar-refractivity contribution is 9.10. The van der Waals surface area contributed by atoms with Crippen molar-refractivity contribution in [1.82, 2.24) is 15.4 Å². The molecule has 0 spiro atoms. The number of nitrogens with one attached hydrogen (secondary N) is 1. The molecule has 0 aliphatic heterocycles. The number of hydrogen-bond acceptors (Lipinski definition) is 8. The van der Waals surface area contributed by atoms with Crippen LogP contribution in [0.4, 0.5) is 5.82 Å². The number of amides is 1. The van der Waals surface area contributed by atoms with Crippen molar-refractivity contribution >= 4 is 67.0 Å². The van der Waals surface area contributed by atoms with Crippen LogP contribution in [0.2, 0.25) is 5.02 Å². The number of rotatable bonds is 7. The van der Waals surface area contributed by atoms with Gasteiger partial charge < -0.3 is 15.2 Å². The van der Waals surface area contributed by atoms with Crippen LogP contribution in [0.1, 0.15) is 26.4 Å². The molecule has 1 amide bonds. The number of halogens is 2. The zero-order chi connectivity index (χ0) is 24.2. The van der Waals surface area contributed by atoms with Crippen LogP contribution in [0.3, 0.4) is 0 Å². The molecule has 8 nitrogen and oxygen atoms in total. The first-order valence-electron chi connectivity index (χ1n) is 9.95. The summed E-state index contributed by atoms with van der Waals surface area (Å²) in [5.74, 6) is 1.06. The van der Waals surface area contributed by atoms with Gasteiger partial charge in [0.2, 0.25) is 0 Å². The van der Waals surface area contributed by atoms with Gasteiger partial charge in [0, 0.05) is 5.02 Å². The van der Waals surface area contributed by atoms with E-state index in [0.29, 0.717) is 54.1 Å². The van der Waals surface area contributed by atoms with Crippen molar-refractivity contribution in [3.63, 3.8) is 0 Å². The van der Waals surface area contributed by atoms with Crippen LogP contribution in [0, 0.1) is 6.92 Å². The highest BCUT2D eigenvalue weighted by Gasteiger charge is 2.18. The van der Waals surface area contributed by atoms with Gasteiger partial charge in [-0.1, -0.05) is 23.7 Å². The molecule has 0 atom stereocenters. The topological polar surface area (TPSA) is 112 Å². The Kier molecular flexibility index (Phi) is 7.30. The van der Waals surface area contributed by atoms with Crippen LogP contribution >= 0.6 is 38.9 Å². The van der Waals surface area contributed by atoms with Gasteiger partial charge in [0.05, 0.1) is 28.1 Å². The molecule has 0 aliphatic carbocycles. The highest BCUT2D eigenvalue weighted by atomic mass is 79.9. The fourth-order valence-corrected chi connectivity index (χ4v) is 4.97. The van der Waals surface area contributed by atoms with E-state index in [1.165, 1.54) is 23.9 Å². The number of ether oxygens (including phenoxy) is 2. The number of hydrogen-bond donors (Lipinski definition) is 2. The van der Waals surface area contributed by atoms with Crippen molar-refractivity contribution in [2.24, 2.45) is 5.10 Å². The number of anilines is 1. The van der Waals surface area contributed by atoms with Gasteiger partial charge in [-0.15, -0.1) is 11.3 Å². The lowest BCUT2D eigenvalue weighted by Crippen LogP contribution is -2.17. The molecule has 11 heteroatoms. The fraction of sp³-hybridized carbons (Fsp3) is 0.130. The average molecular weight is 561 g/mol. The van der Waals surface area contributed by atoms with E-state index in [4.69, 9.17) is 26.8 Å². The number of aryl methyl sites for hydroxylation is 1. The van der Waals surface area contributed by atoms with Crippen LogP contribution in [0.25, 0.3) is 10.2 Å². The SMILES string of the molecule is COc1cc(/C=N\NC(=O)c2sc3ncnc(N)c3c2C)cc(Br)c1OCc1ccc(Cl)cc1. The number of benzene rings is 2. The van der Waals surface area contributed by atoms with Gasteiger partial charge in [0.1, 0.15) is 23.6 Å². The maximum Gasteiger partial charge on any atom is 0.281 e. The zero-order valence-electron chi connectivity index (χ0n) is 18.1. The number of methoxy groups -OCH3 is 1. The predicted octanol–water partition coefficient (Wildman–Crippen LogP) is 5.35. The quantitative estimate of drug-likeness (QED) is 0.233. The number of thiophene rings is 1. The van der Waals surface area contributed by atoms with E-state index in [1.54, 1.807) is 13.2 Å². The van der Waals surface area contributed by atoms with Crippen LogP contribution in [0.15, 0.2) is 52.3 Å². The largest absolute Gasteiger partial charge is 0.493 e. The van der Waals surface area contributed by atoms with Gasteiger partial charge in [-0.3, -0.25) is 4.79 Å². The minimum atomic E-state index is -0.356. The van der Waals surface area contributed by atoms with Gasteiger partial charge in [-0.2, -0.15) is 5.10 Å². The number of nitrogens with two attached hydrogens (primary N) is 1. The maximum atomic E-state index is 12.7. The van der Waals surface area contributed by atoms with E-state index >= 15 is 0 Å². The van der Waals surface area contributed by atoms with Crippen molar-refractivity contribution < 1.29 is 14.3 Å². The zero-order valence-corrected chi connectivity index (χ0v) is 21.3. The van der Waals surface area contributed by atoms with Crippen LogP contribution < -0.4 is 20.6 Å². The lowest BCUT2D eigenvalue weighted by molar-refractivity contribution is 0.0958. The predicted molar refractivity (Wildman–Crippen MR) is 138 cm³/mol. The van der Waals surface area contributed by atoms with E-state index in [-0.39, 0.29) is 5.91 Å². The second kappa shape index (κ2) is 10.4. The summed E-state index contributed by atoms with van der Waals surface area (Å²) in [5, 5.41) is 5.43. The lowest BCUT2D eigenvalue weighted by atomic mass is 10.2. The first-order chi connectivity index (χ1) is 16.4. The summed E-state index contributed by atoms with van der Waals surface area (Å²) in [6.45, 7) is 2.15. The van der Waals surface area contributed by atoms with Gasteiger partial charge in [-0.25, -0.2) is 15.4 Å². The Labute approximate surface area is 212 Å². The number of fused-ring (bicyclic) bond motifs is 1. The molecule has 0 saturated heterocycles. The third kappa shape index (κ3) is 5.14. The summed E-state index contributed by atoms with van der Waals surface area (Å²) in [6.07, 6.45) is 2.90. The molecule has 174 valence electrons. The number of carbonyl (C=O) groups is 1. The lowest BCUT2D eigenvalue weighted by Gasteiger charge is -2.13. The molecule has 34 heavy (non-hydrogen) atoms. The van der Waals surface area contributed by atoms with Gasteiger partial charge in [0.15, 0.2) is 11.5 Å². The molecule has 0 radical (unpaired) electrons. The monoisotopic (exact) mass is 559 g/mol. The second-order valence-electron chi connectivity index (χ2n) is 7.14. The molecule has 3 N–H and O–H groups in total. The molecular weight excluding hydrogens is 542 g/mol. The standard InChI is InChI=1S/C23H19BrClN5O3S/c1-12-18-21(26)27-11-28-23(18)34-20(12)22(31)30-29-9-14-7-16(24)19(17(8-14)32-2)33-10-13-3-5-15(25)6-4-13/h3-9,11H,10H2,1-2H3,(H,30,31)(H2,26,27,28)/b29-9-. The van der Waals surface area contributed by atoms with Crippen molar-refractivity contribution in [3.05, 3.63) is 73.8 Å². The number of nitrogen functional groups attached to an aromatic ring is 1. The summed E-state index contributed by atoms with van der Waals surface area (Å²) < 4.78 is 12.1. The van der Waals surface area contributed by atoms with Crippen molar-refractivity contribution in [2.45, 2.75) is 13.5 Å². The number of carbonyl (C=O) groups excluding carboxylic acids is 1. The van der Waals surface area contributed by atoms with Gasteiger partial charge in [-0.05, 0) is 63.8 Å². The number of aromatic nitrogens is 2. The summed E-state index contributed by atoms with van der Waals surface area (Å²) in [5.41, 5.74) is 10.9. The average Bonchev–Trinajstić information content (AvgIpc) is 3.16. The molecule has 0 fully saturated rings. The summed E-state index contributed by atoms with van der Waals surface area (Å²) in [6, 6.07) is 11.0. The third-order valence-corrected chi connectivity index (χ3v) is 6.93. The van der Waals surface area contributed by atoms with Gasteiger partial charge >= 0.3 is 0 Å². The smallest absolute Gasteiger partial charge is 0.281 e. The minimum Gasteiger partial charge on any atom is -0.493 e. The normalized spacial score (nSPS) is 11.2. The van der Waals surface area contributed by atoms with Crippen molar-refractivity contribution in [3.8, 4) is 11.5 Å². The van der Waals surface area contributed by atoms with E-state index in [0.717, 1.165) is 11.1 Å². The van der Waals surface area contributed by atoms with E-state index in [9.17, 15) is 4.79 Å². The Morgan fingerprint density at radius 1 is 1.29 bits per heavy atom. The van der Waals surface area contributed by atoms with E-state index in [2.05, 4.69) is 36.4 Å². The Hall–Kier alpha value is -3.21. The summed E-state index contributed by atoms with van der Waals surface area (Å²) in [4.78, 5) is 22.0. The molecule has 2 aromatic heterocycles. The molecule has 4 aromatic rings. The Morgan fingerprint density at radius 2 is 2.06 bits per heavy atom. The minimum absolute atomic E-state index is 0.344. The van der Waals surface area contributed by atoms with E-state index in [1.807, 2.05) is 37.3 Å². The molecule has 0 unspecified atom stereocenters. The Morgan fingerprint density at radius 3 is 2.76 bits per heavy atom. The Bertz CT molecular complexity index is 1390. The molecular formula is C23H19BrClN5O3S. The third-order valence-electron chi connectivity index (χ3n) is 4.89. The maximum absolute atomic E-state index is 12.7. The molecule has 0 bridgehead atoms. The molecule has 0 saturated carbocycles. The molecule has 2 aromatic carbocycles. The van der Waals surface area contributed by atoms with Crippen LogP contribution in [-0.2, 0) is 6.61 Å². The number of hydrazone groups is 1. The summed E-state index contributed by atoms with van der Waals surface area (Å²) >= 11 is 10.7. The van der Waals surface area contributed by atoms with Crippen molar-refractivity contribution in [2.75, 3.05) is 12.8 Å². The highest BCUT2D eigenvalue weighted by Crippen LogP contribution is 2.37. The van der Waals surface area contributed by atoms with Crippen LogP contribution in [0.5, 0.6) is 11.5 Å². The first kappa shape index (κ1) is 23.9. The molecule has 4 rings (SSSR count). The second-order valence-corrected chi connectivity index (χ2v) is 9.43. The summed E-state index contributed by atoms with van der Waals surface area (Å²) in [7, 11) is 1.55. The number of nitrogens with zero attached hydrogens (tertiary/aromatic N) is 3. The first-order valence-corrected chi connectivity index (χ1v) is 11.9. The van der Waals surface area contributed by atoms with Crippen molar-refractivity contribution in [1.29, 1.82) is 0 Å². The van der Waals surface area contributed by atoms with Crippen LogP contribution in [-0.4, -0.2) is 29.2 Å². The molecule has 0 aliphatic rings. The fourth-order valence-electron chi connectivity index (χ4n) is 3.22. The molecule has 2 heterocycles. The van der Waals surface area contributed by atoms with Gasteiger partial charge in [0.25, 0.3) is 5.91 Å².